The second kappa shape index (κ2) is 5.10. The van der Waals surface area contributed by atoms with E-state index in [9.17, 15) is 9.65 Å². The van der Waals surface area contributed by atoms with E-state index in [0.29, 0.717) is 16.9 Å². The van der Waals surface area contributed by atoms with E-state index < -0.39 is 0 Å². The fourth-order valence-corrected chi connectivity index (χ4v) is 2.20. The van der Waals surface area contributed by atoms with E-state index in [0.717, 1.165) is 5.69 Å². The van der Waals surface area contributed by atoms with Crippen LogP contribution >= 0.6 is 0 Å². The summed E-state index contributed by atoms with van der Waals surface area (Å²) in [5.74, 6) is -0.0772. The molecule has 3 rings (SSSR count). The minimum absolute atomic E-state index is 0.168. The van der Waals surface area contributed by atoms with E-state index in [2.05, 4.69) is 5.10 Å². The zero-order chi connectivity index (χ0) is 14.8. The Labute approximate surface area is 120 Å². The molecule has 0 fully saturated rings. The van der Waals surface area contributed by atoms with Gasteiger partial charge in [0.05, 0.1) is 11.3 Å². The van der Waals surface area contributed by atoms with Gasteiger partial charge in [-0.3, -0.25) is 0 Å². The van der Waals surface area contributed by atoms with Crippen LogP contribution in [0.2, 0.25) is 0 Å². The summed E-state index contributed by atoms with van der Waals surface area (Å²) in [5.41, 5.74) is 8.01. The van der Waals surface area contributed by atoms with Gasteiger partial charge in [0.15, 0.2) is 5.69 Å². The van der Waals surface area contributed by atoms with Gasteiger partial charge in [-0.25, -0.2) is 9.07 Å². The molecule has 0 saturated heterocycles. The van der Waals surface area contributed by atoms with E-state index in [1.807, 2.05) is 36.4 Å². The fraction of sp³-hybridized carbons (Fsp3) is 0. The lowest BCUT2D eigenvalue weighted by molar-refractivity contribution is 0.628. The molecule has 1 aromatic heterocycles. The van der Waals surface area contributed by atoms with Gasteiger partial charge in [0.2, 0.25) is 0 Å². The zero-order valence-electron chi connectivity index (χ0n) is 11.0. The van der Waals surface area contributed by atoms with Crippen molar-refractivity contribution in [3.63, 3.8) is 0 Å². The number of nitriles is 1. The minimum Gasteiger partial charge on any atom is -0.383 e. The first kappa shape index (κ1) is 12.9. The molecule has 0 unspecified atom stereocenters. The van der Waals surface area contributed by atoms with Crippen LogP contribution in [-0.2, 0) is 0 Å². The number of benzene rings is 2. The predicted molar refractivity (Wildman–Crippen MR) is 78.1 cm³/mol. The van der Waals surface area contributed by atoms with Crippen LogP contribution in [0.1, 0.15) is 5.69 Å². The summed E-state index contributed by atoms with van der Waals surface area (Å²) in [4.78, 5) is 0. The molecular formula is C16H11FN4. The summed E-state index contributed by atoms with van der Waals surface area (Å²) < 4.78 is 14.9. The molecular weight excluding hydrogens is 267 g/mol. The number of rotatable bonds is 2. The number of nitrogens with zero attached hydrogens (tertiary/aromatic N) is 3. The summed E-state index contributed by atoms with van der Waals surface area (Å²) in [6, 6.07) is 17.2. The van der Waals surface area contributed by atoms with Crippen molar-refractivity contribution in [2.45, 2.75) is 0 Å². The van der Waals surface area contributed by atoms with Gasteiger partial charge in [-0.05, 0) is 29.8 Å². The van der Waals surface area contributed by atoms with Crippen LogP contribution in [0.3, 0.4) is 0 Å². The number of halogens is 1. The van der Waals surface area contributed by atoms with E-state index in [4.69, 9.17) is 5.73 Å². The van der Waals surface area contributed by atoms with Crippen molar-refractivity contribution >= 4 is 5.82 Å². The van der Waals surface area contributed by atoms with Crippen LogP contribution in [0.15, 0.2) is 54.6 Å². The lowest BCUT2D eigenvalue weighted by atomic mass is 10.1. The first-order valence-electron chi connectivity index (χ1n) is 6.30. The summed E-state index contributed by atoms with van der Waals surface area (Å²) >= 11 is 0. The van der Waals surface area contributed by atoms with E-state index >= 15 is 0 Å². The molecule has 0 spiro atoms. The summed E-state index contributed by atoms with van der Waals surface area (Å²) in [6.45, 7) is 0. The summed E-state index contributed by atoms with van der Waals surface area (Å²) in [6.07, 6.45) is 0. The third-order valence-electron chi connectivity index (χ3n) is 3.14. The maximum atomic E-state index is 13.4. The Hall–Kier alpha value is -3.13. The van der Waals surface area contributed by atoms with E-state index in [1.54, 1.807) is 12.1 Å². The third-order valence-corrected chi connectivity index (χ3v) is 3.14. The maximum Gasteiger partial charge on any atom is 0.172 e. The highest BCUT2D eigenvalue weighted by Crippen LogP contribution is 2.31. The largest absolute Gasteiger partial charge is 0.383 e. The topological polar surface area (TPSA) is 67.6 Å². The van der Waals surface area contributed by atoms with Crippen LogP contribution in [0.25, 0.3) is 16.8 Å². The SMILES string of the molecule is N#Cc1nn(-c2ccccc2)c(N)c1-c1cccc(F)c1. The molecule has 5 heteroatoms. The standard InChI is InChI=1S/C16H11FN4/c17-12-6-4-5-11(9-12)15-14(10-18)20-21(16(15)19)13-7-2-1-3-8-13/h1-9H,19H2. The van der Waals surface area contributed by atoms with Crippen LogP contribution in [0, 0.1) is 17.1 Å². The lowest BCUT2D eigenvalue weighted by Gasteiger charge is -2.05. The van der Waals surface area contributed by atoms with Gasteiger partial charge in [-0.1, -0.05) is 30.3 Å². The Morgan fingerprint density at radius 1 is 1.10 bits per heavy atom. The molecule has 0 amide bonds. The van der Waals surface area contributed by atoms with Gasteiger partial charge < -0.3 is 5.73 Å². The van der Waals surface area contributed by atoms with Crippen molar-refractivity contribution < 1.29 is 4.39 Å². The molecule has 21 heavy (non-hydrogen) atoms. The van der Waals surface area contributed by atoms with Crippen LogP contribution in [0.5, 0.6) is 0 Å². The average Bonchev–Trinajstić information content (AvgIpc) is 2.85. The average molecular weight is 278 g/mol. The van der Waals surface area contributed by atoms with Gasteiger partial charge in [0, 0.05) is 0 Å². The first-order chi connectivity index (χ1) is 10.2. The molecule has 0 saturated carbocycles. The molecule has 102 valence electrons. The molecule has 4 nitrogen and oxygen atoms in total. The molecule has 0 atom stereocenters. The van der Waals surface area contributed by atoms with Crippen molar-refractivity contribution in [2.24, 2.45) is 0 Å². The Balaban J connectivity index is 2.23. The summed E-state index contributed by atoms with van der Waals surface area (Å²) in [5, 5.41) is 13.5. The Bertz CT molecular complexity index is 831. The number of anilines is 1. The number of nitrogen functional groups attached to an aromatic ring is 1. The number of hydrogen-bond acceptors (Lipinski definition) is 3. The zero-order valence-corrected chi connectivity index (χ0v) is 11.0. The monoisotopic (exact) mass is 278 g/mol. The number of para-hydroxylation sites is 1. The molecule has 2 N–H and O–H groups in total. The highest BCUT2D eigenvalue weighted by Gasteiger charge is 2.18. The predicted octanol–water partition coefficient (Wildman–Crippen LogP) is 3.13. The van der Waals surface area contributed by atoms with Crippen molar-refractivity contribution in [3.8, 4) is 22.9 Å². The number of aromatic nitrogens is 2. The van der Waals surface area contributed by atoms with Gasteiger partial charge >= 0.3 is 0 Å². The van der Waals surface area contributed by atoms with Gasteiger partial charge in [0.1, 0.15) is 17.7 Å². The highest BCUT2D eigenvalue weighted by molar-refractivity contribution is 5.79. The molecule has 0 aliphatic rings. The maximum absolute atomic E-state index is 13.4. The molecule has 0 aliphatic heterocycles. The quantitative estimate of drug-likeness (QED) is 0.783. The lowest BCUT2D eigenvalue weighted by Crippen LogP contribution is -2.01. The van der Waals surface area contributed by atoms with Crippen molar-refractivity contribution in [1.82, 2.24) is 9.78 Å². The van der Waals surface area contributed by atoms with E-state index in [-0.39, 0.29) is 11.5 Å². The number of nitrogens with two attached hydrogens (primary N) is 1. The van der Waals surface area contributed by atoms with Crippen molar-refractivity contribution in [3.05, 3.63) is 66.1 Å². The number of hydrogen-bond donors (Lipinski definition) is 1. The van der Waals surface area contributed by atoms with Gasteiger partial charge in [-0.15, -0.1) is 0 Å². The van der Waals surface area contributed by atoms with Gasteiger partial charge in [-0.2, -0.15) is 10.4 Å². The second-order valence-electron chi connectivity index (χ2n) is 4.48. The molecule has 0 radical (unpaired) electrons. The van der Waals surface area contributed by atoms with Crippen molar-refractivity contribution in [1.29, 1.82) is 5.26 Å². The van der Waals surface area contributed by atoms with E-state index in [1.165, 1.54) is 16.8 Å². The minimum atomic E-state index is -0.386. The first-order valence-corrected chi connectivity index (χ1v) is 6.30. The van der Waals surface area contributed by atoms with Gasteiger partial charge in [0.25, 0.3) is 0 Å². The highest BCUT2D eigenvalue weighted by atomic mass is 19.1. The fourth-order valence-electron chi connectivity index (χ4n) is 2.20. The molecule has 2 aromatic carbocycles. The molecule has 3 aromatic rings. The van der Waals surface area contributed by atoms with Crippen LogP contribution in [0.4, 0.5) is 10.2 Å². The summed E-state index contributed by atoms with van der Waals surface area (Å²) in [7, 11) is 0. The van der Waals surface area contributed by atoms with Crippen LogP contribution in [-0.4, -0.2) is 9.78 Å². The van der Waals surface area contributed by atoms with Crippen LogP contribution < -0.4 is 5.73 Å². The van der Waals surface area contributed by atoms with Crippen molar-refractivity contribution in [2.75, 3.05) is 5.73 Å². The smallest absolute Gasteiger partial charge is 0.172 e. The Morgan fingerprint density at radius 2 is 1.86 bits per heavy atom. The molecule has 0 aliphatic carbocycles. The Morgan fingerprint density at radius 3 is 2.52 bits per heavy atom. The Kier molecular flexibility index (Phi) is 3.13. The molecule has 1 heterocycles. The third kappa shape index (κ3) is 2.23. The second-order valence-corrected chi connectivity index (χ2v) is 4.48. The normalized spacial score (nSPS) is 10.3. The molecule has 0 bridgehead atoms.